The fourth-order valence-electron chi connectivity index (χ4n) is 1.25. The van der Waals surface area contributed by atoms with E-state index >= 15 is 0 Å². The first-order valence-corrected chi connectivity index (χ1v) is 3.49. The van der Waals surface area contributed by atoms with Crippen LogP contribution in [-0.4, -0.2) is 17.5 Å². The smallest absolute Gasteiger partial charge is 0.211 e. The molecule has 0 spiro atoms. The van der Waals surface area contributed by atoms with Crippen molar-refractivity contribution in [2.45, 2.75) is 37.6 Å². The van der Waals surface area contributed by atoms with E-state index in [0.717, 1.165) is 6.92 Å². The number of carbonyl (C=O) groups excluding carboxylic acids is 1. The Hall–Kier alpha value is -0.760. The number of nitrogens with zero attached hydrogens (tertiary/aromatic N) is 1. The number of aliphatic imine (C=N–C) groups is 1. The number of rotatable bonds is 2. The molecule has 1 fully saturated rings. The SMILES string of the molecule is CC(F)(F)C1(N=C=O)CCC1. The Morgan fingerprint density at radius 3 is 2.18 bits per heavy atom. The molecule has 0 radical (unpaired) electrons. The molecule has 0 aromatic carbocycles. The van der Waals surface area contributed by atoms with Gasteiger partial charge in [0, 0.05) is 6.92 Å². The van der Waals surface area contributed by atoms with Crippen molar-refractivity contribution >= 4 is 6.08 Å². The van der Waals surface area contributed by atoms with Gasteiger partial charge in [0.1, 0.15) is 5.54 Å². The first-order chi connectivity index (χ1) is 5.02. The van der Waals surface area contributed by atoms with Crippen molar-refractivity contribution in [2.75, 3.05) is 0 Å². The van der Waals surface area contributed by atoms with Crippen LogP contribution < -0.4 is 0 Å². The van der Waals surface area contributed by atoms with Gasteiger partial charge >= 0.3 is 0 Å². The summed E-state index contributed by atoms with van der Waals surface area (Å²) >= 11 is 0. The quantitative estimate of drug-likeness (QED) is 0.449. The molecule has 62 valence electrons. The van der Waals surface area contributed by atoms with E-state index in [-0.39, 0.29) is 0 Å². The van der Waals surface area contributed by atoms with Crippen molar-refractivity contribution in [1.29, 1.82) is 0 Å². The lowest BCUT2D eigenvalue weighted by molar-refractivity contribution is -0.0883. The predicted octanol–water partition coefficient (Wildman–Crippen LogP) is 1.90. The van der Waals surface area contributed by atoms with E-state index in [9.17, 15) is 13.6 Å². The summed E-state index contributed by atoms with van der Waals surface area (Å²) in [6, 6.07) is 0. The van der Waals surface area contributed by atoms with Crippen LogP contribution in [0.3, 0.4) is 0 Å². The Kier molecular flexibility index (Phi) is 1.80. The minimum Gasteiger partial charge on any atom is -0.211 e. The molecule has 1 rings (SSSR count). The van der Waals surface area contributed by atoms with Gasteiger partial charge in [-0.15, -0.1) is 0 Å². The van der Waals surface area contributed by atoms with E-state index in [0.29, 0.717) is 19.3 Å². The van der Waals surface area contributed by atoms with Gasteiger partial charge in [-0.1, -0.05) is 0 Å². The lowest BCUT2D eigenvalue weighted by atomic mass is 9.73. The maximum atomic E-state index is 12.7. The van der Waals surface area contributed by atoms with Gasteiger partial charge in [0.25, 0.3) is 5.92 Å². The van der Waals surface area contributed by atoms with Crippen LogP contribution >= 0.6 is 0 Å². The largest absolute Gasteiger partial charge is 0.270 e. The summed E-state index contributed by atoms with van der Waals surface area (Å²) in [6.07, 6.45) is 2.52. The monoisotopic (exact) mass is 161 g/mol. The van der Waals surface area contributed by atoms with E-state index in [4.69, 9.17) is 0 Å². The van der Waals surface area contributed by atoms with Gasteiger partial charge in [-0.3, -0.25) is 0 Å². The fraction of sp³-hybridized carbons (Fsp3) is 0.857. The summed E-state index contributed by atoms with van der Waals surface area (Å²) in [5.41, 5.74) is -1.42. The van der Waals surface area contributed by atoms with Crippen molar-refractivity contribution < 1.29 is 13.6 Å². The van der Waals surface area contributed by atoms with Crippen LogP contribution in [0.2, 0.25) is 0 Å². The lowest BCUT2D eigenvalue weighted by Crippen LogP contribution is -2.49. The Bertz CT molecular complexity index is 199. The standard InChI is InChI=1S/C7H9F2NO/c1-6(8,9)7(10-5-11)3-2-4-7/h2-4H2,1H3. The van der Waals surface area contributed by atoms with Crippen LogP contribution in [0.15, 0.2) is 4.99 Å². The second-order valence-electron chi connectivity index (χ2n) is 2.98. The van der Waals surface area contributed by atoms with Gasteiger partial charge in [-0.2, -0.15) is 4.99 Å². The Labute approximate surface area is 63.3 Å². The summed E-state index contributed by atoms with van der Waals surface area (Å²) in [6.45, 7) is 0.799. The molecule has 0 aliphatic heterocycles. The third-order valence-electron chi connectivity index (χ3n) is 2.26. The summed E-state index contributed by atoms with van der Waals surface area (Å²) in [4.78, 5) is 13.0. The summed E-state index contributed by atoms with van der Waals surface area (Å²) < 4.78 is 25.5. The average Bonchev–Trinajstić information content (AvgIpc) is 1.75. The number of hydrogen-bond acceptors (Lipinski definition) is 2. The summed E-state index contributed by atoms with van der Waals surface area (Å²) in [5, 5.41) is 0. The maximum Gasteiger partial charge on any atom is 0.270 e. The Morgan fingerprint density at radius 1 is 1.55 bits per heavy atom. The van der Waals surface area contributed by atoms with Gasteiger partial charge in [0.2, 0.25) is 6.08 Å². The number of alkyl halides is 2. The van der Waals surface area contributed by atoms with Gasteiger partial charge in [-0.25, -0.2) is 13.6 Å². The zero-order valence-corrected chi connectivity index (χ0v) is 6.23. The highest BCUT2D eigenvalue weighted by atomic mass is 19.3. The molecule has 11 heavy (non-hydrogen) atoms. The zero-order valence-electron chi connectivity index (χ0n) is 6.23. The molecule has 0 aromatic heterocycles. The molecule has 2 nitrogen and oxygen atoms in total. The van der Waals surface area contributed by atoms with Gasteiger partial charge in [0.15, 0.2) is 0 Å². The van der Waals surface area contributed by atoms with Crippen molar-refractivity contribution in [3.8, 4) is 0 Å². The Balaban J connectivity index is 2.84. The van der Waals surface area contributed by atoms with E-state index < -0.39 is 11.5 Å². The first kappa shape index (κ1) is 8.34. The van der Waals surface area contributed by atoms with E-state index in [1.165, 1.54) is 6.08 Å². The van der Waals surface area contributed by atoms with Crippen LogP contribution in [0, 0.1) is 0 Å². The van der Waals surface area contributed by atoms with Crippen LogP contribution in [0.5, 0.6) is 0 Å². The highest BCUT2D eigenvalue weighted by Crippen LogP contribution is 2.46. The third-order valence-corrected chi connectivity index (χ3v) is 2.26. The molecule has 0 N–H and O–H groups in total. The molecule has 0 unspecified atom stereocenters. The second kappa shape index (κ2) is 2.38. The highest BCUT2D eigenvalue weighted by molar-refractivity contribution is 5.36. The van der Waals surface area contributed by atoms with Crippen LogP contribution in [-0.2, 0) is 4.79 Å². The maximum absolute atomic E-state index is 12.7. The lowest BCUT2D eigenvalue weighted by Gasteiger charge is -2.40. The van der Waals surface area contributed by atoms with Crippen molar-refractivity contribution in [1.82, 2.24) is 0 Å². The van der Waals surface area contributed by atoms with Crippen LogP contribution in [0.1, 0.15) is 26.2 Å². The molecule has 0 amide bonds. The molecular formula is C7H9F2NO. The summed E-state index contributed by atoms with van der Waals surface area (Å²) in [5.74, 6) is -2.89. The minimum absolute atomic E-state index is 0.297. The fourth-order valence-corrected chi connectivity index (χ4v) is 1.25. The molecule has 1 saturated carbocycles. The molecule has 0 heterocycles. The van der Waals surface area contributed by atoms with Gasteiger partial charge < -0.3 is 0 Å². The third kappa shape index (κ3) is 1.18. The number of isocyanates is 1. The minimum atomic E-state index is -2.89. The Morgan fingerprint density at radius 2 is 2.09 bits per heavy atom. The second-order valence-corrected chi connectivity index (χ2v) is 2.98. The molecule has 0 bridgehead atoms. The van der Waals surface area contributed by atoms with E-state index in [1.54, 1.807) is 0 Å². The normalized spacial score (nSPS) is 21.7. The molecule has 4 heteroatoms. The van der Waals surface area contributed by atoms with E-state index in [1.807, 2.05) is 0 Å². The van der Waals surface area contributed by atoms with Crippen LogP contribution in [0.25, 0.3) is 0 Å². The van der Waals surface area contributed by atoms with Gasteiger partial charge in [-0.05, 0) is 19.3 Å². The molecule has 1 aliphatic carbocycles. The first-order valence-electron chi connectivity index (χ1n) is 3.49. The molecule has 1 aliphatic rings. The van der Waals surface area contributed by atoms with Crippen molar-refractivity contribution in [2.24, 2.45) is 4.99 Å². The molecular weight excluding hydrogens is 152 g/mol. The zero-order chi connectivity index (χ0) is 8.54. The molecule has 0 atom stereocenters. The molecule has 0 aromatic rings. The van der Waals surface area contributed by atoms with E-state index in [2.05, 4.69) is 4.99 Å². The van der Waals surface area contributed by atoms with Crippen molar-refractivity contribution in [3.63, 3.8) is 0 Å². The van der Waals surface area contributed by atoms with Crippen molar-refractivity contribution in [3.05, 3.63) is 0 Å². The average molecular weight is 161 g/mol. The number of hydrogen-bond donors (Lipinski definition) is 0. The summed E-state index contributed by atoms with van der Waals surface area (Å²) in [7, 11) is 0. The number of halogens is 2. The predicted molar refractivity (Wildman–Crippen MR) is 35.3 cm³/mol. The highest BCUT2D eigenvalue weighted by Gasteiger charge is 2.54. The molecule has 0 saturated heterocycles. The van der Waals surface area contributed by atoms with Gasteiger partial charge in [0.05, 0.1) is 0 Å². The van der Waals surface area contributed by atoms with Crippen LogP contribution in [0.4, 0.5) is 8.78 Å². The topological polar surface area (TPSA) is 29.4 Å².